The number of nitrogens with zero attached hydrogens (tertiary/aromatic N) is 4. The van der Waals surface area contributed by atoms with Gasteiger partial charge in [-0.1, -0.05) is 0 Å². The molecule has 1 saturated heterocycles. The van der Waals surface area contributed by atoms with Crippen LogP contribution >= 0.6 is 0 Å². The molecule has 0 aliphatic carbocycles. The summed E-state index contributed by atoms with van der Waals surface area (Å²) in [5.41, 5.74) is 7.39. The lowest BCUT2D eigenvalue weighted by Crippen LogP contribution is -2.34. The van der Waals surface area contributed by atoms with Crippen LogP contribution in [0, 0.1) is 11.3 Å². The number of carbonyl (C=O) groups is 1. The molecule has 3 rings (SSSR count). The number of carbonyl (C=O) groups excluding carboxylic acids is 1. The second-order valence-corrected chi connectivity index (χ2v) is 6.01. The monoisotopic (exact) mass is 340 g/mol. The maximum atomic E-state index is 12.2. The smallest absolute Gasteiger partial charge is 0.251 e. The summed E-state index contributed by atoms with van der Waals surface area (Å²) in [6.07, 6.45) is 1.95. The molecule has 1 fully saturated rings. The topological polar surface area (TPSA) is 120 Å². The van der Waals surface area contributed by atoms with E-state index in [1.165, 1.54) is 10.9 Å². The van der Waals surface area contributed by atoms with Crippen LogP contribution < -0.4 is 11.1 Å². The number of hydrogen-bond acceptors (Lipinski definition) is 6. The van der Waals surface area contributed by atoms with Gasteiger partial charge in [-0.05, 0) is 30.7 Å². The van der Waals surface area contributed by atoms with Gasteiger partial charge in [0.1, 0.15) is 17.5 Å². The van der Waals surface area contributed by atoms with Crippen LogP contribution in [0.4, 0.5) is 5.82 Å². The van der Waals surface area contributed by atoms with Crippen molar-refractivity contribution in [3.63, 3.8) is 0 Å². The zero-order valence-electron chi connectivity index (χ0n) is 13.7. The Morgan fingerprint density at radius 3 is 2.80 bits per heavy atom. The molecule has 0 spiro atoms. The Kier molecular flexibility index (Phi) is 4.97. The summed E-state index contributed by atoms with van der Waals surface area (Å²) in [6, 6.07) is 8.82. The van der Waals surface area contributed by atoms with Crippen LogP contribution in [-0.4, -0.2) is 58.0 Å². The number of benzene rings is 1. The first-order valence-electron chi connectivity index (χ1n) is 8.11. The van der Waals surface area contributed by atoms with E-state index in [1.807, 2.05) is 6.07 Å². The molecular formula is C17H20N6O2. The predicted molar refractivity (Wildman–Crippen MR) is 92.1 cm³/mol. The minimum atomic E-state index is -0.250. The summed E-state index contributed by atoms with van der Waals surface area (Å²) in [7, 11) is 0. The number of β-amino-alcohol motifs (C(OH)–C–C–N with tert-alkyl or cyclic N) is 1. The molecule has 2 heterocycles. The van der Waals surface area contributed by atoms with Crippen molar-refractivity contribution in [2.45, 2.75) is 12.5 Å². The van der Waals surface area contributed by atoms with E-state index in [0.29, 0.717) is 29.9 Å². The zero-order chi connectivity index (χ0) is 17.8. The molecule has 0 unspecified atom stereocenters. The number of aliphatic hydroxyl groups is 1. The van der Waals surface area contributed by atoms with Gasteiger partial charge < -0.3 is 16.2 Å². The highest BCUT2D eigenvalue weighted by molar-refractivity contribution is 5.94. The third-order valence-electron chi connectivity index (χ3n) is 4.26. The normalized spacial score (nSPS) is 17.4. The van der Waals surface area contributed by atoms with Crippen molar-refractivity contribution in [1.29, 1.82) is 5.26 Å². The molecule has 2 aromatic rings. The molecule has 0 radical (unpaired) electrons. The standard InChI is InChI=1S/C17H20N6O2/c18-9-13-10-21-23(16(13)19)14-3-1-12(2-4-14)17(25)20-6-8-22-7-5-15(24)11-22/h1-4,10,15,24H,5-8,11,19H2,(H,20,25)/t15-/m1/s1. The van der Waals surface area contributed by atoms with Crippen molar-refractivity contribution in [2.24, 2.45) is 0 Å². The van der Waals surface area contributed by atoms with Crippen LogP contribution in [0.3, 0.4) is 0 Å². The first-order chi connectivity index (χ1) is 12.1. The third-order valence-corrected chi connectivity index (χ3v) is 4.26. The fraction of sp³-hybridized carbons (Fsp3) is 0.353. The van der Waals surface area contributed by atoms with Gasteiger partial charge in [-0.15, -0.1) is 0 Å². The predicted octanol–water partition coefficient (Wildman–Crippen LogP) is 0.123. The van der Waals surface area contributed by atoms with E-state index in [0.717, 1.165) is 19.5 Å². The van der Waals surface area contributed by atoms with Gasteiger partial charge in [-0.2, -0.15) is 10.4 Å². The van der Waals surface area contributed by atoms with Crippen LogP contribution in [0.1, 0.15) is 22.3 Å². The molecular weight excluding hydrogens is 320 g/mol. The van der Waals surface area contributed by atoms with Crippen molar-refractivity contribution in [1.82, 2.24) is 20.0 Å². The molecule has 1 atom stereocenters. The van der Waals surface area contributed by atoms with E-state index < -0.39 is 0 Å². The van der Waals surface area contributed by atoms with Crippen molar-refractivity contribution in [3.05, 3.63) is 41.6 Å². The first-order valence-corrected chi connectivity index (χ1v) is 8.11. The fourth-order valence-electron chi connectivity index (χ4n) is 2.85. The number of nitrogens with one attached hydrogen (secondary N) is 1. The molecule has 0 bridgehead atoms. The van der Waals surface area contributed by atoms with Crippen molar-refractivity contribution < 1.29 is 9.90 Å². The molecule has 4 N–H and O–H groups in total. The molecule has 1 aromatic carbocycles. The maximum absolute atomic E-state index is 12.2. The Morgan fingerprint density at radius 2 is 2.20 bits per heavy atom. The Hall–Kier alpha value is -2.89. The minimum absolute atomic E-state index is 0.155. The number of aromatic nitrogens is 2. The first kappa shape index (κ1) is 17.0. The van der Waals surface area contributed by atoms with Gasteiger partial charge >= 0.3 is 0 Å². The Bertz CT molecular complexity index is 792. The van der Waals surface area contributed by atoms with E-state index in [9.17, 15) is 9.90 Å². The Labute approximate surface area is 145 Å². The van der Waals surface area contributed by atoms with Gasteiger partial charge in [0.25, 0.3) is 5.91 Å². The lowest BCUT2D eigenvalue weighted by atomic mass is 10.2. The minimum Gasteiger partial charge on any atom is -0.392 e. The lowest BCUT2D eigenvalue weighted by Gasteiger charge is -2.15. The molecule has 25 heavy (non-hydrogen) atoms. The van der Waals surface area contributed by atoms with E-state index in [-0.39, 0.29) is 17.8 Å². The van der Waals surface area contributed by atoms with Crippen LogP contribution in [-0.2, 0) is 0 Å². The molecule has 8 heteroatoms. The highest BCUT2D eigenvalue weighted by Crippen LogP contribution is 2.16. The SMILES string of the molecule is N#Cc1cnn(-c2ccc(C(=O)NCCN3CC[C@@H](O)C3)cc2)c1N. The molecule has 130 valence electrons. The van der Waals surface area contributed by atoms with Crippen LogP contribution in [0.2, 0.25) is 0 Å². The number of nitriles is 1. The molecule has 8 nitrogen and oxygen atoms in total. The van der Waals surface area contributed by atoms with Gasteiger partial charge in [0.2, 0.25) is 0 Å². The number of nitrogens with two attached hydrogens (primary N) is 1. The number of rotatable bonds is 5. The second-order valence-electron chi connectivity index (χ2n) is 6.01. The lowest BCUT2D eigenvalue weighted by molar-refractivity contribution is 0.0949. The number of amides is 1. The van der Waals surface area contributed by atoms with Crippen molar-refractivity contribution in [3.8, 4) is 11.8 Å². The van der Waals surface area contributed by atoms with E-state index >= 15 is 0 Å². The molecule has 1 aliphatic rings. The number of hydrogen-bond donors (Lipinski definition) is 3. The van der Waals surface area contributed by atoms with E-state index in [2.05, 4.69) is 15.3 Å². The van der Waals surface area contributed by atoms with E-state index in [4.69, 9.17) is 11.0 Å². The van der Waals surface area contributed by atoms with Gasteiger partial charge in [0.15, 0.2) is 0 Å². The molecule has 1 aliphatic heterocycles. The van der Waals surface area contributed by atoms with Crippen LogP contribution in [0.15, 0.2) is 30.5 Å². The van der Waals surface area contributed by atoms with E-state index in [1.54, 1.807) is 24.3 Å². The maximum Gasteiger partial charge on any atom is 0.251 e. The summed E-state index contributed by atoms with van der Waals surface area (Å²) in [4.78, 5) is 14.3. The number of aliphatic hydroxyl groups excluding tert-OH is 1. The summed E-state index contributed by atoms with van der Waals surface area (Å²) in [5.74, 6) is 0.116. The van der Waals surface area contributed by atoms with Crippen LogP contribution in [0.5, 0.6) is 0 Å². The molecule has 1 amide bonds. The van der Waals surface area contributed by atoms with Gasteiger partial charge in [0, 0.05) is 31.7 Å². The fourth-order valence-corrected chi connectivity index (χ4v) is 2.85. The van der Waals surface area contributed by atoms with Gasteiger partial charge in [-0.25, -0.2) is 4.68 Å². The highest BCUT2D eigenvalue weighted by Gasteiger charge is 2.19. The summed E-state index contributed by atoms with van der Waals surface area (Å²) >= 11 is 0. The number of anilines is 1. The van der Waals surface area contributed by atoms with Gasteiger partial charge in [0.05, 0.1) is 18.0 Å². The zero-order valence-corrected chi connectivity index (χ0v) is 13.7. The molecule has 0 saturated carbocycles. The third kappa shape index (κ3) is 3.79. The average Bonchev–Trinajstić information content (AvgIpc) is 3.20. The largest absolute Gasteiger partial charge is 0.392 e. The number of likely N-dealkylation sites (tertiary alicyclic amines) is 1. The summed E-state index contributed by atoms with van der Waals surface area (Å²) in [5, 5.41) is 25.3. The van der Waals surface area contributed by atoms with Gasteiger partial charge in [-0.3, -0.25) is 9.69 Å². The summed E-state index contributed by atoms with van der Waals surface area (Å²) in [6.45, 7) is 2.79. The van der Waals surface area contributed by atoms with Crippen LogP contribution in [0.25, 0.3) is 5.69 Å². The summed E-state index contributed by atoms with van der Waals surface area (Å²) < 4.78 is 1.46. The second kappa shape index (κ2) is 7.34. The Morgan fingerprint density at radius 1 is 1.44 bits per heavy atom. The highest BCUT2D eigenvalue weighted by atomic mass is 16.3. The molecule has 1 aromatic heterocycles. The Balaban J connectivity index is 1.57. The number of nitrogen functional groups attached to an aromatic ring is 1. The quantitative estimate of drug-likeness (QED) is 0.711. The van der Waals surface area contributed by atoms with Crippen molar-refractivity contribution in [2.75, 3.05) is 31.9 Å². The average molecular weight is 340 g/mol. The van der Waals surface area contributed by atoms with Crippen molar-refractivity contribution >= 4 is 11.7 Å².